The molecule has 42 heavy (non-hydrogen) atoms. The molecule has 0 heterocycles. The molecule has 0 aliphatic heterocycles. The van der Waals surface area contributed by atoms with Gasteiger partial charge in [-0.25, -0.2) is 4.57 Å². The Morgan fingerprint density at radius 1 is 0.643 bits per heavy atom. The molecule has 0 aromatic heterocycles. The first-order valence-corrected chi connectivity index (χ1v) is 18.3. The summed E-state index contributed by atoms with van der Waals surface area (Å²) < 4.78 is 33.9. The maximum absolute atomic E-state index is 12.5. The smallest absolute Gasteiger partial charge is 0.462 e. The maximum atomic E-state index is 12.5. The Hall–Kier alpha value is -0.990. The van der Waals surface area contributed by atoms with E-state index in [1.54, 1.807) is 0 Å². The first-order valence-electron chi connectivity index (χ1n) is 16.8. The minimum atomic E-state index is -4.35. The van der Waals surface area contributed by atoms with E-state index in [0.717, 1.165) is 32.1 Å². The van der Waals surface area contributed by atoms with Gasteiger partial charge in [-0.15, -0.1) is 0 Å². The first kappa shape index (κ1) is 41.0. The van der Waals surface area contributed by atoms with Crippen molar-refractivity contribution >= 4 is 19.8 Å². The number of likely N-dealkylation sites (N-methyl/N-ethyl adjacent to an activating group) is 1. The van der Waals surface area contributed by atoms with Gasteiger partial charge in [-0.2, -0.15) is 0 Å². The van der Waals surface area contributed by atoms with E-state index in [1.807, 2.05) is 21.1 Å². The molecule has 0 spiro atoms. The third-order valence-electron chi connectivity index (χ3n) is 7.14. The predicted octanol–water partition coefficient (Wildman–Crippen LogP) is 8.12. The fraction of sp³-hybridized carbons (Fsp3) is 0.938. The molecule has 0 saturated heterocycles. The normalized spacial score (nSPS) is 14.0. The molecular formula is C32H65NO8P+. The highest BCUT2D eigenvalue weighted by Crippen LogP contribution is 2.43. The maximum Gasteiger partial charge on any atom is 0.472 e. The summed E-state index contributed by atoms with van der Waals surface area (Å²) in [6.45, 7) is 4.35. The number of ether oxygens (including phenoxy) is 2. The van der Waals surface area contributed by atoms with Crippen molar-refractivity contribution < 1.29 is 42.1 Å². The zero-order valence-electron chi connectivity index (χ0n) is 27.7. The Morgan fingerprint density at radius 2 is 1.07 bits per heavy atom. The van der Waals surface area contributed by atoms with Crippen molar-refractivity contribution in [3.05, 3.63) is 0 Å². The van der Waals surface area contributed by atoms with Crippen molar-refractivity contribution in [1.29, 1.82) is 0 Å². The number of phosphoric acid groups is 1. The zero-order valence-corrected chi connectivity index (χ0v) is 28.6. The molecule has 0 saturated carbocycles. The molecule has 9 nitrogen and oxygen atoms in total. The average molecular weight is 623 g/mol. The van der Waals surface area contributed by atoms with E-state index in [2.05, 4.69) is 13.8 Å². The van der Waals surface area contributed by atoms with Crippen LogP contribution in [-0.4, -0.2) is 74.9 Å². The summed E-state index contributed by atoms with van der Waals surface area (Å²) in [6.07, 6.45) is 20.2. The van der Waals surface area contributed by atoms with Gasteiger partial charge in [0.05, 0.1) is 27.7 Å². The minimum Gasteiger partial charge on any atom is -0.462 e. The van der Waals surface area contributed by atoms with Crippen LogP contribution in [0.15, 0.2) is 0 Å². The molecule has 0 aromatic carbocycles. The highest BCUT2D eigenvalue weighted by molar-refractivity contribution is 7.47. The van der Waals surface area contributed by atoms with Gasteiger partial charge in [0.2, 0.25) is 0 Å². The van der Waals surface area contributed by atoms with E-state index < -0.39 is 26.5 Å². The van der Waals surface area contributed by atoms with Crippen LogP contribution < -0.4 is 0 Å². The largest absolute Gasteiger partial charge is 0.472 e. The number of unbranched alkanes of at least 4 members (excludes halogenated alkanes) is 16. The van der Waals surface area contributed by atoms with Gasteiger partial charge < -0.3 is 18.9 Å². The Morgan fingerprint density at radius 3 is 1.52 bits per heavy atom. The quantitative estimate of drug-likeness (QED) is 0.0370. The lowest BCUT2D eigenvalue weighted by Gasteiger charge is -2.24. The van der Waals surface area contributed by atoms with Crippen LogP contribution in [-0.2, 0) is 32.7 Å². The number of hydrogen-bond acceptors (Lipinski definition) is 7. The van der Waals surface area contributed by atoms with Crippen molar-refractivity contribution in [2.45, 2.75) is 148 Å². The Labute approximate surface area is 257 Å². The molecule has 0 bridgehead atoms. The van der Waals surface area contributed by atoms with Gasteiger partial charge in [-0.05, 0) is 12.8 Å². The zero-order chi connectivity index (χ0) is 31.5. The van der Waals surface area contributed by atoms with Crippen LogP contribution in [0.1, 0.15) is 142 Å². The van der Waals surface area contributed by atoms with Crippen LogP contribution >= 0.6 is 7.82 Å². The number of carbonyl (C=O) groups excluding carboxylic acids is 2. The van der Waals surface area contributed by atoms with Gasteiger partial charge in [0.1, 0.15) is 19.8 Å². The molecular weight excluding hydrogens is 557 g/mol. The number of phosphoric ester groups is 1. The molecule has 0 amide bonds. The van der Waals surface area contributed by atoms with Crippen LogP contribution in [0.3, 0.4) is 0 Å². The standard InChI is InChI=1S/C32H64NO8P/c1-6-8-10-12-14-16-17-19-20-22-24-31(34)38-28-30(29-40-42(36,37)39-27-26-33(3,4)5)41-32(35)25-23-21-18-15-13-11-9-7-2/h30H,6-29H2,1-5H3/p+1. The van der Waals surface area contributed by atoms with E-state index in [-0.39, 0.29) is 25.6 Å². The van der Waals surface area contributed by atoms with Gasteiger partial charge in [0, 0.05) is 12.8 Å². The van der Waals surface area contributed by atoms with Crippen LogP contribution in [0.2, 0.25) is 0 Å². The predicted molar refractivity (Wildman–Crippen MR) is 169 cm³/mol. The highest BCUT2D eigenvalue weighted by Gasteiger charge is 2.27. The van der Waals surface area contributed by atoms with E-state index >= 15 is 0 Å². The lowest BCUT2D eigenvalue weighted by Crippen LogP contribution is -2.37. The van der Waals surface area contributed by atoms with Gasteiger partial charge in [-0.1, -0.05) is 117 Å². The number of esters is 2. The second kappa shape index (κ2) is 26.4. The third-order valence-corrected chi connectivity index (χ3v) is 8.12. The Kier molecular flexibility index (Phi) is 25.8. The molecule has 2 unspecified atom stereocenters. The molecule has 250 valence electrons. The SMILES string of the molecule is CCCCCCCCCCCCC(=O)OCC(COP(=O)(O)OCC[N+](C)(C)C)OC(=O)CCCCCCCCCC. The molecule has 1 N–H and O–H groups in total. The molecule has 0 fully saturated rings. The highest BCUT2D eigenvalue weighted by atomic mass is 31.2. The monoisotopic (exact) mass is 622 g/mol. The fourth-order valence-electron chi connectivity index (χ4n) is 4.42. The van der Waals surface area contributed by atoms with Gasteiger partial charge in [-0.3, -0.25) is 18.6 Å². The van der Waals surface area contributed by atoms with Crippen molar-refractivity contribution in [1.82, 2.24) is 0 Å². The van der Waals surface area contributed by atoms with Crippen LogP contribution in [0.25, 0.3) is 0 Å². The summed E-state index contributed by atoms with van der Waals surface area (Å²) in [5.74, 6) is -0.802. The molecule has 2 atom stereocenters. The lowest BCUT2D eigenvalue weighted by molar-refractivity contribution is -0.870. The summed E-state index contributed by atoms with van der Waals surface area (Å²) in [6, 6.07) is 0. The second-order valence-corrected chi connectivity index (χ2v) is 14.0. The topological polar surface area (TPSA) is 108 Å². The third kappa shape index (κ3) is 29.1. The molecule has 0 aliphatic rings. The average Bonchev–Trinajstić information content (AvgIpc) is 2.92. The summed E-state index contributed by atoms with van der Waals surface area (Å²) in [7, 11) is 1.48. The van der Waals surface area contributed by atoms with Crippen molar-refractivity contribution in [2.24, 2.45) is 0 Å². The number of nitrogens with zero attached hydrogens (tertiary/aromatic N) is 1. The molecule has 0 radical (unpaired) electrons. The van der Waals surface area contributed by atoms with Gasteiger partial charge in [0.15, 0.2) is 6.10 Å². The van der Waals surface area contributed by atoms with E-state index in [1.165, 1.54) is 77.0 Å². The molecule has 0 aliphatic carbocycles. The van der Waals surface area contributed by atoms with Crippen molar-refractivity contribution in [3.8, 4) is 0 Å². The van der Waals surface area contributed by atoms with Crippen LogP contribution in [0.4, 0.5) is 0 Å². The van der Waals surface area contributed by atoms with Gasteiger partial charge in [0.25, 0.3) is 0 Å². The van der Waals surface area contributed by atoms with E-state index in [0.29, 0.717) is 23.9 Å². The minimum absolute atomic E-state index is 0.0357. The second-order valence-electron chi connectivity index (χ2n) is 12.6. The summed E-state index contributed by atoms with van der Waals surface area (Å²) in [5.41, 5.74) is 0. The summed E-state index contributed by atoms with van der Waals surface area (Å²) >= 11 is 0. The van der Waals surface area contributed by atoms with E-state index in [4.69, 9.17) is 18.5 Å². The first-order chi connectivity index (χ1) is 20.0. The molecule has 0 rings (SSSR count). The van der Waals surface area contributed by atoms with Crippen LogP contribution in [0.5, 0.6) is 0 Å². The fourth-order valence-corrected chi connectivity index (χ4v) is 5.17. The Balaban J connectivity index is 4.49. The van der Waals surface area contributed by atoms with Crippen molar-refractivity contribution in [2.75, 3.05) is 47.5 Å². The van der Waals surface area contributed by atoms with Crippen LogP contribution in [0, 0.1) is 0 Å². The summed E-state index contributed by atoms with van der Waals surface area (Å²) in [4.78, 5) is 34.8. The van der Waals surface area contributed by atoms with Crippen molar-refractivity contribution in [3.63, 3.8) is 0 Å². The molecule has 0 aromatic rings. The molecule has 10 heteroatoms. The van der Waals surface area contributed by atoms with Gasteiger partial charge >= 0.3 is 19.8 Å². The number of hydrogen-bond donors (Lipinski definition) is 1. The van der Waals surface area contributed by atoms with E-state index in [9.17, 15) is 19.0 Å². The number of carbonyl (C=O) groups is 2. The lowest BCUT2D eigenvalue weighted by atomic mass is 10.1. The Bertz CT molecular complexity index is 713. The summed E-state index contributed by atoms with van der Waals surface area (Å²) in [5, 5.41) is 0. The number of quaternary nitrogens is 1. The number of rotatable bonds is 30.